The van der Waals surface area contributed by atoms with Crippen molar-refractivity contribution in [2.24, 2.45) is 5.73 Å². The molecule has 18 heavy (non-hydrogen) atoms. The number of nitrogens with zero attached hydrogens (tertiary/aromatic N) is 2. The molecule has 2 bridgehead atoms. The van der Waals surface area contributed by atoms with Crippen LogP contribution in [0.15, 0.2) is 5.38 Å². The van der Waals surface area contributed by atoms with Gasteiger partial charge in [-0.15, -0.1) is 11.3 Å². The SMILES string of the molecule is NC1CC2CCCC(C1)N2c1nc(C2CC2)cs1. The second kappa shape index (κ2) is 4.20. The third-order valence-electron chi connectivity index (χ3n) is 4.74. The lowest BCUT2D eigenvalue weighted by atomic mass is 9.82. The van der Waals surface area contributed by atoms with E-state index in [0.29, 0.717) is 18.1 Å². The third-order valence-corrected chi connectivity index (χ3v) is 5.61. The Bertz CT molecular complexity index is 426. The van der Waals surface area contributed by atoms with Crippen molar-refractivity contribution in [1.82, 2.24) is 4.98 Å². The molecule has 4 rings (SSSR count). The summed E-state index contributed by atoms with van der Waals surface area (Å²) in [4.78, 5) is 7.52. The van der Waals surface area contributed by atoms with Crippen LogP contribution in [0.1, 0.15) is 56.6 Å². The van der Waals surface area contributed by atoms with Crippen LogP contribution in [0.4, 0.5) is 5.13 Å². The Balaban J connectivity index is 1.61. The van der Waals surface area contributed by atoms with Gasteiger partial charge in [0.15, 0.2) is 5.13 Å². The lowest BCUT2D eigenvalue weighted by Gasteiger charge is -2.48. The number of aromatic nitrogens is 1. The Morgan fingerprint density at radius 2 is 1.89 bits per heavy atom. The standard InChI is InChI=1S/C14H21N3S/c15-10-6-11-2-1-3-12(7-10)17(11)14-16-13(8-18-14)9-4-5-9/h8-12H,1-7,15H2. The molecule has 2 saturated heterocycles. The highest BCUT2D eigenvalue weighted by Crippen LogP contribution is 2.44. The predicted molar refractivity (Wildman–Crippen MR) is 75.2 cm³/mol. The molecule has 2 atom stereocenters. The summed E-state index contributed by atoms with van der Waals surface area (Å²) < 4.78 is 0. The fraction of sp³-hybridized carbons (Fsp3) is 0.786. The number of rotatable bonds is 2. The van der Waals surface area contributed by atoms with E-state index in [1.807, 2.05) is 11.3 Å². The predicted octanol–water partition coefficient (Wildman–Crippen LogP) is 2.87. The first-order chi connectivity index (χ1) is 8.81. The molecular weight excluding hydrogens is 242 g/mol. The molecule has 3 aliphatic rings. The van der Waals surface area contributed by atoms with Gasteiger partial charge in [0.05, 0.1) is 5.69 Å². The highest BCUT2D eigenvalue weighted by atomic mass is 32.1. The Morgan fingerprint density at radius 1 is 1.17 bits per heavy atom. The second-order valence-electron chi connectivity index (χ2n) is 6.21. The summed E-state index contributed by atoms with van der Waals surface area (Å²) in [6.07, 6.45) is 9.01. The first kappa shape index (κ1) is 11.2. The lowest BCUT2D eigenvalue weighted by Crippen LogP contribution is -2.55. The van der Waals surface area contributed by atoms with Crippen molar-refractivity contribution < 1.29 is 0 Å². The molecular formula is C14H21N3S. The number of anilines is 1. The van der Waals surface area contributed by atoms with Crippen molar-refractivity contribution in [3.8, 4) is 0 Å². The maximum atomic E-state index is 6.19. The van der Waals surface area contributed by atoms with E-state index in [0.717, 1.165) is 18.8 Å². The summed E-state index contributed by atoms with van der Waals surface area (Å²) in [5.74, 6) is 0.780. The van der Waals surface area contributed by atoms with Crippen LogP contribution in [0.25, 0.3) is 0 Å². The van der Waals surface area contributed by atoms with Gasteiger partial charge in [0.1, 0.15) is 0 Å². The number of nitrogens with two attached hydrogens (primary N) is 1. The maximum Gasteiger partial charge on any atom is 0.186 e. The molecule has 3 nitrogen and oxygen atoms in total. The Hall–Kier alpha value is -0.610. The molecule has 98 valence electrons. The van der Waals surface area contributed by atoms with Gasteiger partial charge in [0, 0.05) is 29.4 Å². The summed E-state index contributed by atoms with van der Waals surface area (Å²) >= 11 is 1.86. The van der Waals surface area contributed by atoms with Crippen molar-refractivity contribution in [1.29, 1.82) is 0 Å². The van der Waals surface area contributed by atoms with E-state index < -0.39 is 0 Å². The average molecular weight is 263 g/mol. The van der Waals surface area contributed by atoms with E-state index in [4.69, 9.17) is 10.7 Å². The minimum Gasteiger partial charge on any atom is -0.342 e. The fourth-order valence-corrected chi connectivity index (χ4v) is 4.75. The largest absolute Gasteiger partial charge is 0.342 e. The zero-order valence-corrected chi connectivity index (χ0v) is 11.5. The normalized spacial score (nSPS) is 35.8. The van der Waals surface area contributed by atoms with Crippen molar-refractivity contribution in [2.45, 2.75) is 69.0 Å². The minimum absolute atomic E-state index is 0.416. The third kappa shape index (κ3) is 1.86. The number of piperidine rings is 2. The molecule has 4 heteroatoms. The van der Waals surface area contributed by atoms with Crippen LogP contribution in [0, 0.1) is 0 Å². The van der Waals surface area contributed by atoms with Crippen molar-refractivity contribution in [3.63, 3.8) is 0 Å². The van der Waals surface area contributed by atoms with E-state index in [2.05, 4.69) is 10.3 Å². The van der Waals surface area contributed by atoms with Crippen LogP contribution in [0.3, 0.4) is 0 Å². The van der Waals surface area contributed by atoms with E-state index in [9.17, 15) is 0 Å². The number of fused-ring (bicyclic) bond motifs is 2. The molecule has 1 aromatic heterocycles. The van der Waals surface area contributed by atoms with Crippen LogP contribution in [0.5, 0.6) is 0 Å². The van der Waals surface area contributed by atoms with Gasteiger partial charge in [0.2, 0.25) is 0 Å². The Kier molecular flexibility index (Phi) is 2.62. The summed E-state index contributed by atoms with van der Waals surface area (Å²) in [6, 6.07) is 1.73. The van der Waals surface area contributed by atoms with Gasteiger partial charge in [-0.25, -0.2) is 4.98 Å². The summed E-state index contributed by atoms with van der Waals surface area (Å²) in [6.45, 7) is 0. The van der Waals surface area contributed by atoms with E-state index in [1.54, 1.807) is 0 Å². The smallest absolute Gasteiger partial charge is 0.186 e. The van der Waals surface area contributed by atoms with Crippen molar-refractivity contribution >= 4 is 16.5 Å². The second-order valence-corrected chi connectivity index (χ2v) is 7.04. The quantitative estimate of drug-likeness (QED) is 0.892. The van der Waals surface area contributed by atoms with Crippen molar-refractivity contribution in [2.75, 3.05) is 4.90 Å². The maximum absolute atomic E-state index is 6.19. The van der Waals surface area contributed by atoms with Crippen LogP contribution >= 0.6 is 11.3 Å². The minimum atomic E-state index is 0.416. The van der Waals surface area contributed by atoms with Gasteiger partial charge in [-0.2, -0.15) is 0 Å². The topological polar surface area (TPSA) is 42.1 Å². The zero-order valence-electron chi connectivity index (χ0n) is 10.7. The first-order valence-corrected chi connectivity index (χ1v) is 8.18. The van der Waals surface area contributed by atoms with Gasteiger partial charge in [-0.1, -0.05) is 0 Å². The highest BCUT2D eigenvalue weighted by Gasteiger charge is 2.39. The summed E-state index contributed by atoms with van der Waals surface area (Å²) in [5.41, 5.74) is 7.54. The molecule has 0 amide bonds. The van der Waals surface area contributed by atoms with Crippen LogP contribution in [-0.2, 0) is 0 Å². The highest BCUT2D eigenvalue weighted by molar-refractivity contribution is 7.13. The van der Waals surface area contributed by atoms with Gasteiger partial charge < -0.3 is 10.6 Å². The monoisotopic (exact) mass is 263 g/mol. The number of hydrogen-bond donors (Lipinski definition) is 1. The Labute approximate surface area is 112 Å². The van der Waals surface area contributed by atoms with E-state index >= 15 is 0 Å². The number of thiazole rings is 1. The lowest BCUT2D eigenvalue weighted by molar-refractivity contribution is 0.271. The molecule has 0 spiro atoms. The van der Waals surface area contributed by atoms with Gasteiger partial charge in [-0.05, 0) is 44.9 Å². The fourth-order valence-electron chi connectivity index (χ4n) is 3.70. The van der Waals surface area contributed by atoms with Gasteiger partial charge in [0.25, 0.3) is 0 Å². The van der Waals surface area contributed by atoms with Gasteiger partial charge in [-0.3, -0.25) is 0 Å². The molecule has 3 fully saturated rings. The molecule has 0 radical (unpaired) electrons. The summed E-state index contributed by atoms with van der Waals surface area (Å²) in [7, 11) is 0. The first-order valence-electron chi connectivity index (χ1n) is 7.30. The molecule has 2 aliphatic heterocycles. The van der Waals surface area contributed by atoms with E-state index in [-0.39, 0.29) is 0 Å². The molecule has 3 heterocycles. The number of hydrogen-bond acceptors (Lipinski definition) is 4. The van der Waals surface area contributed by atoms with Crippen molar-refractivity contribution in [3.05, 3.63) is 11.1 Å². The molecule has 0 aromatic carbocycles. The van der Waals surface area contributed by atoms with Crippen LogP contribution in [-0.4, -0.2) is 23.1 Å². The molecule has 2 unspecified atom stereocenters. The molecule has 1 saturated carbocycles. The van der Waals surface area contributed by atoms with Gasteiger partial charge >= 0.3 is 0 Å². The van der Waals surface area contributed by atoms with Crippen LogP contribution < -0.4 is 10.6 Å². The molecule has 1 aromatic rings. The molecule has 2 N–H and O–H groups in total. The van der Waals surface area contributed by atoms with Crippen LogP contribution in [0.2, 0.25) is 0 Å². The average Bonchev–Trinajstić information content (AvgIpc) is 3.07. The molecule has 1 aliphatic carbocycles. The summed E-state index contributed by atoms with van der Waals surface area (Å²) in [5, 5.41) is 3.57. The Morgan fingerprint density at radius 3 is 2.56 bits per heavy atom. The van der Waals surface area contributed by atoms with E-state index in [1.165, 1.54) is 42.9 Å². The zero-order chi connectivity index (χ0) is 12.1.